The van der Waals surface area contributed by atoms with Crippen LogP contribution < -0.4 is 10.4 Å². The second-order valence-electron chi connectivity index (χ2n) is 12.7. The van der Waals surface area contributed by atoms with Crippen LogP contribution in [0.25, 0.3) is 22.4 Å². The maximum Gasteiger partial charge on any atom is 0.488 e. The van der Waals surface area contributed by atoms with E-state index >= 15 is 0 Å². The van der Waals surface area contributed by atoms with Crippen molar-refractivity contribution in [3.05, 3.63) is 107 Å². The molecule has 3 aromatic carbocycles. The fourth-order valence-corrected chi connectivity index (χ4v) is 7.82. The van der Waals surface area contributed by atoms with E-state index in [1.807, 2.05) is 48.5 Å². The number of ether oxygens (including phenoxy) is 1. The first-order valence-corrected chi connectivity index (χ1v) is 16.4. The van der Waals surface area contributed by atoms with Gasteiger partial charge in [-0.25, -0.2) is 0 Å². The van der Waals surface area contributed by atoms with Gasteiger partial charge in [0.2, 0.25) is 11.8 Å². The first-order valence-electron chi connectivity index (χ1n) is 16.4. The fourth-order valence-electron chi connectivity index (χ4n) is 7.82. The summed E-state index contributed by atoms with van der Waals surface area (Å²) in [6, 6.07) is 23.7. The number of hydrogen-bond acceptors (Lipinski definition) is 7. The Labute approximate surface area is 274 Å². The molecule has 0 saturated carbocycles. The zero-order chi connectivity index (χ0) is 32.7. The molecule has 0 radical (unpaired) electrons. The molecule has 0 bridgehead atoms. The minimum Gasteiger partial charge on any atom is -0.507 e. The molecule has 2 fully saturated rings. The first-order chi connectivity index (χ1) is 22.9. The molecule has 1 aliphatic carbocycles. The van der Waals surface area contributed by atoms with Gasteiger partial charge < -0.3 is 19.9 Å². The SMILES string of the molecule is CCCC1=C2[C@@H](CC/C(=C/c3ccc(O)c4ccccc34)c3ccccn3)OC[C@@H]2[C@@H]2C(=O)N(c3cccc(B(O)O)c3)C(=O)[C@@H]2C1. The van der Waals surface area contributed by atoms with Crippen molar-refractivity contribution in [1.29, 1.82) is 0 Å². The van der Waals surface area contributed by atoms with Crippen LogP contribution in [-0.4, -0.2) is 51.8 Å². The molecule has 8 nitrogen and oxygen atoms in total. The van der Waals surface area contributed by atoms with Crippen molar-refractivity contribution in [3.63, 3.8) is 0 Å². The van der Waals surface area contributed by atoms with Gasteiger partial charge in [-0.05, 0) is 89.6 Å². The molecule has 3 N–H and O–H groups in total. The number of nitrogens with zero attached hydrogens (tertiary/aromatic N) is 2. The molecule has 3 aliphatic rings. The van der Waals surface area contributed by atoms with E-state index in [-0.39, 0.29) is 35.0 Å². The van der Waals surface area contributed by atoms with E-state index in [2.05, 4.69) is 18.0 Å². The Kier molecular flexibility index (Phi) is 8.53. The molecule has 238 valence electrons. The van der Waals surface area contributed by atoms with Crippen LogP contribution >= 0.6 is 0 Å². The van der Waals surface area contributed by atoms with Gasteiger partial charge in [0.1, 0.15) is 5.75 Å². The van der Waals surface area contributed by atoms with Gasteiger partial charge in [-0.2, -0.15) is 0 Å². The van der Waals surface area contributed by atoms with E-state index in [1.165, 1.54) is 22.1 Å². The molecule has 47 heavy (non-hydrogen) atoms. The van der Waals surface area contributed by atoms with Gasteiger partial charge in [0.05, 0.1) is 35.9 Å². The van der Waals surface area contributed by atoms with Crippen molar-refractivity contribution in [2.75, 3.05) is 11.5 Å². The van der Waals surface area contributed by atoms with Crippen molar-refractivity contribution in [1.82, 2.24) is 4.98 Å². The molecule has 3 heterocycles. The predicted octanol–water partition coefficient (Wildman–Crippen LogP) is 5.26. The fraction of sp³-hybridized carbons (Fsp3) is 0.289. The highest BCUT2D eigenvalue weighted by atomic mass is 16.5. The Bertz CT molecular complexity index is 1900. The van der Waals surface area contributed by atoms with Crippen molar-refractivity contribution in [2.24, 2.45) is 17.8 Å². The molecule has 2 aliphatic heterocycles. The highest BCUT2D eigenvalue weighted by molar-refractivity contribution is 6.58. The standard InChI is InChI=1S/C38H37BN2O6/c1-2-8-25-20-30-36(38(44)41(37(30)43)27-10-7-9-26(21-27)39(45)46)31-22-47-34(35(25)31)17-15-24(32-13-5-6-18-40-32)19-23-14-16-33(42)29-12-4-3-11-28(23)29/h3-7,9-14,16,18-19,21,30-31,34,36,42,45-46H,2,8,15,17,20,22H2,1H3/b24-19-/t30-,31+,34-,36-/m1/s1. The summed E-state index contributed by atoms with van der Waals surface area (Å²) in [5.41, 5.74) is 5.88. The van der Waals surface area contributed by atoms with Gasteiger partial charge in [-0.1, -0.05) is 67.4 Å². The summed E-state index contributed by atoms with van der Waals surface area (Å²) in [6.45, 7) is 2.50. The highest BCUT2D eigenvalue weighted by Crippen LogP contribution is 2.51. The topological polar surface area (TPSA) is 120 Å². The lowest BCUT2D eigenvalue weighted by Gasteiger charge is -2.32. The first kappa shape index (κ1) is 31.1. The molecule has 0 unspecified atom stereocenters. The number of fused-ring (bicyclic) bond motifs is 4. The summed E-state index contributed by atoms with van der Waals surface area (Å²) in [5.74, 6) is -1.40. The summed E-state index contributed by atoms with van der Waals surface area (Å²) < 4.78 is 6.50. The van der Waals surface area contributed by atoms with E-state index in [9.17, 15) is 24.7 Å². The van der Waals surface area contributed by atoms with Gasteiger partial charge in [0.25, 0.3) is 0 Å². The van der Waals surface area contributed by atoms with Crippen LogP contribution in [0.15, 0.2) is 96.2 Å². The Morgan fingerprint density at radius 3 is 2.55 bits per heavy atom. The summed E-state index contributed by atoms with van der Waals surface area (Å²) in [5, 5.41) is 31.6. The number of imide groups is 1. The molecule has 4 atom stereocenters. The third kappa shape index (κ3) is 5.69. The molecule has 0 spiro atoms. The molecule has 2 saturated heterocycles. The van der Waals surface area contributed by atoms with E-state index in [0.717, 1.165) is 40.4 Å². The van der Waals surface area contributed by atoms with Crippen LogP contribution in [0, 0.1) is 17.8 Å². The quantitative estimate of drug-likeness (QED) is 0.131. The largest absolute Gasteiger partial charge is 0.507 e. The van der Waals surface area contributed by atoms with Crippen LogP contribution in [-0.2, 0) is 14.3 Å². The minimum absolute atomic E-state index is 0.184. The summed E-state index contributed by atoms with van der Waals surface area (Å²) in [4.78, 5) is 33.7. The average Bonchev–Trinajstić information content (AvgIpc) is 3.62. The second-order valence-corrected chi connectivity index (χ2v) is 12.7. The Morgan fingerprint density at radius 1 is 0.979 bits per heavy atom. The number of anilines is 1. The smallest absolute Gasteiger partial charge is 0.488 e. The summed E-state index contributed by atoms with van der Waals surface area (Å²) >= 11 is 0. The highest BCUT2D eigenvalue weighted by Gasteiger charge is 2.57. The van der Waals surface area contributed by atoms with Crippen LogP contribution in [0.1, 0.15) is 50.3 Å². The number of pyridine rings is 1. The molecule has 2 amide bonds. The summed E-state index contributed by atoms with van der Waals surface area (Å²) in [7, 11) is -1.70. The van der Waals surface area contributed by atoms with Crippen molar-refractivity contribution >= 4 is 52.5 Å². The molecule has 4 aromatic rings. The lowest BCUT2D eigenvalue weighted by molar-refractivity contribution is -0.122. The number of carbonyl (C=O) groups excluding carboxylic acids is 2. The van der Waals surface area contributed by atoms with E-state index in [1.54, 1.807) is 30.5 Å². The number of amides is 2. The predicted molar refractivity (Wildman–Crippen MR) is 182 cm³/mol. The van der Waals surface area contributed by atoms with E-state index < -0.39 is 19.0 Å². The van der Waals surface area contributed by atoms with Crippen molar-refractivity contribution in [3.8, 4) is 5.75 Å². The van der Waals surface area contributed by atoms with Gasteiger partial charge in [0, 0.05) is 17.5 Å². The number of aromatic nitrogens is 1. The number of aromatic hydroxyl groups is 1. The second kappa shape index (κ2) is 12.9. The van der Waals surface area contributed by atoms with E-state index in [4.69, 9.17) is 4.74 Å². The third-order valence-corrected chi connectivity index (χ3v) is 9.92. The Hall–Kier alpha value is -4.57. The summed E-state index contributed by atoms with van der Waals surface area (Å²) in [6.07, 6.45) is 7.40. The maximum absolute atomic E-state index is 14.0. The lowest BCUT2D eigenvalue weighted by atomic mass is 9.68. The van der Waals surface area contributed by atoms with Gasteiger partial charge in [0.15, 0.2) is 0 Å². The molecule has 7 rings (SSSR count). The number of phenols is 1. The zero-order valence-corrected chi connectivity index (χ0v) is 26.3. The van der Waals surface area contributed by atoms with Gasteiger partial charge in [-0.3, -0.25) is 19.5 Å². The monoisotopic (exact) mass is 628 g/mol. The van der Waals surface area contributed by atoms with Crippen molar-refractivity contribution in [2.45, 2.75) is 45.1 Å². The molecule has 1 aromatic heterocycles. The molecular weight excluding hydrogens is 591 g/mol. The minimum atomic E-state index is -1.70. The van der Waals surface area contributed by atoms with Crippen LogP contribution in [0.4, 0.5) is 5.69 Å². The number of phenolic OH excluding ortho intramolecular Hbond substituents is 1. The number of hydrogen-bond donors (Lipinski definition) is 3. The zero-order valence-electron chi connectivity index (χ0n) is 26.3. The van der Waals surface area contributed by atoms with Crippen LogP contribution in [0.3, 0.4) is 0 Å². The molecular formula is C38H37BN2O6. The normalized spacial score (nSPS) is 22.6. The van der Waals surface area contributed by atoms with Crippen LogP contribution in [0.2, 0.25) is 0 Å². The molecule has 9 heteroatoms. The average molecular weight is 629 g/mol. The number of rotatable bonds is 9. The van der Waals surface area contributed by atoms with Crippen LogP contribution in [0.5, 0.6) is 5.75 Å². The number of benzene rings is 3. The maximum atomic E-state index is 14.0. The van der Waals surface area contributed by atoms with Gasteiger partial charge in [-0.15, -0.1) is 0 Å². The third-order valence-electron chi connectivity index (χ3n) is 9.92. The van der Waals surface area contributed by atoms with Gasteiger partial charge >= 0.3 is 7.12 Å². The van der Waals surface area contributed by atoms with E-state index in [0.29, 0.717) is 31.6 Å². The Balaban J connectivity index is 1.19. The number of allylic oxidation sites excluding steroid dienone is 2. The number of carbonyl (C=O) groups is 2. The lowest BCUT2D eigenvalue weighted by Crippen LogP contribution is -2.35. The van der Waals surface area contributed by atoms with Crippen molar-refractivity contribution < 1.29 is 29.5 Å². The Morgan fingerprint density at radius 2 is 1.79 bits per heavy atom.